The fourth-order valence-corrected chi connectivity index (χ4v) is 3.20. The third-order valence-electron chi connectivity index (χ3n) is 3.35. The summed E-state index contributed by atoms with van der Waals surface area (Å²) in [6, 6.07) is 16.7. The maximum absolute atomic E-state index is 5.91. The van der Waals surface area contributed by atoms with Gasteiger partial charge in [0.05, 0.1) is 0 Å². The molecule has 3 aromatic carbocycles. The van der Waals surface area contributed by atoms with E-state index < -0.39 is 0 Å². The number of hydrogen-bond donors (Lipinski definition) is 0. The van der Waals surface area contributed by atoms with Gasteiger partial charge < -0.3 is 4.42 Å². The summed E-state index contributed by atoms with van der Waals surface area (Å²) in [7, 11) is 0. The molecule has 0 unspecified atom stereocenters. The van der Waals surface area contributed by atoms with Crippen LogP contribution in [0.15, 0.2) is 61.9 Å². The third-order valence-corrected chi connectivity index (χ3v) is 4.34. The van der Waals surface area contributed by atoms with Crippen LogP contribution in [0.25, 0.3) is 32.7 Å². The second-order valence-electron chi connectivity index (χ2n) is 4.58. The minimum absolute atomic E-state index is 0.924. The lowest BCUT2D eigenvalue weighted by Gasteiger charge is -1.99. The average molecular weight is 376 g/mol. The van der Waals surface area contributed by atoms with Gasteiger partial charge in [-0.2, -0.15) is 0 Å². The van der Waals surface area contributed by atoms with Gasteiger partial charge in [-0.05, 0) is 53.2 Å². The topological polar surface area (TPSA) is 13.1 Å². The minimum Gasteiger partial charge on any atom is -0.456 e. The molecule has 0 aliphatic rings. The lowest BCUT2D eigenvalue weighted by Crippen LogP contribution is -1.73. The molecule has 4 aromatic rings. The normalized spacial score (nSPS) is 11.7. The van der Waals surface area contributed by atoms with Crippen molar-refractivity contribution in [1.82, 2.24) is 0 Å². The number of rotatable bonds is 0. The zero-order valence-corrected chi connectivity index (χ0v) is 13.0. The predicted octanol–water partition coefficient (Wildman–Crippen LogP) is 6.26. The molecule has 0 saturated carbocycles. The summed E-state index contributed by atoms with van der Waals surface area (Å²) in [5, 5.41) is 4.70. The first-order valence-electron chi connectivity index (χ1n) is 5.92. The second-order valence-corrected chi connectivity index (χ2v) is 6.41. The van der Waals surface area contributed by atoms with Gasteiger partial charge in [-0.1, -0.05) is 37.9 Å². The van der Waals surface area contributed by atoms with E-state index in [2.05, 4.69) is 62.2 Å². The predicted molar refractivity (Wildman–Crippen MR) is 86.6 cm³/mol. The Balaban J connectivity index is 2.21. The van der Waals surface area contributed by atoms with Gasteiger partial charge in [-0.25, -0.2) is 0 Å². The van der Waals surface area contributed by atoms with Crippen LogP contribution in [0.2, 0.25) is 0 Å². The molecule has 4 rings (SSSR count). The molecular formula is C16H8Br2O. The van der Waals surface area contributed by atoms with Crippen molar-refractivity contribution in [2.45, 2.75) is 0 Å². The van der Waals surface area contributed by atoms with Crippen molar-refractivity contribution in [3.05, 3.63) is 57.5 Å². The Kier molecular flexibility index (Phi) is 2.47. The van der Waals surface area contributed by atoms with E-state index in [9.17, 15) is 0 Å². The summed E-state index contributed by atoms with van der Waals surface area (Å²) in [6.45, 7) is 0. The Morgan fingerprint density at radius 3 is 2.26 bits per heavy atom. The highest BCUT2D eigenvalue weighted by Crippen LogP contribution is 2.34. The Morgan fingerprint density at radius 2 is 1.37 bits per heavy atom. The molecule has 0 fully saturated rings. The Labute approximate surface area is 126 Å². The third kappa shape index (κ3) is 1.80. The number of halogens is 2. The van der Waals surface area contributed by atoms with Crippen LogP contribution in [0, 0.1) is 0 Å². The molecule has 0 aliphatic carbocycles. The van der Waals surface area contributed by atoms with Crippen LogP contribution in [-0.4, -0.2) is 0 Å². The van der Waals surface area contributed by atoms with Crippen LogP contribution in [0.1, 0.15) is 0 Å². The Hall–Kier alpha value is -1.32. The van der Waals surface area contributed by atoms with E-state index in [0.717, 1.165) is 30.9 Å². The smallest absolute Gasteiger partial charge is 0.136 e. The van der Waals surface area contributed by atoms with E-state index in [-0.39, 0.29) is 0 Å². The first-order valence-corrected chi connectivity index (χ1v) is 7.50. The van der Waals surface area contributed by atoms with Gasteiger partial charge in [0, 0.05) is 19.7 Å². The molecule has 0 bridgehead atoms. The molecular weight excluding hydrogens is 368 g/mol. The van der Waals surface area contributed by atoms with Crippen molar-refractivity contribution in [1.29, 1.82) is 0 Å². The molecule has 3 heteroatoms. The van der Waals surface area contributed by atoms with E-state index in [0.29, 0.717) is 0 Å². The SMILES string of the molecule is Brc1ccc2cc3oc4ccc(Br)cc4c3cc2c1. The van der Waals surface area contributed by atoms with Crippen molar-refractivity contribution >= 4 is 64.6 Å². The van der Waals surface area contributed by atoms with Crippen molar-refractivity contribution in [2.75, 3.05) is 0 Å². The molecule has 0 N–H and O–H groups in total. The molecule has 0 saturated heterocycles. The lowest BCUT2D eigenvalue weighted by molar-refractivity contribution is 0.669. The number of hydrogen-bond acceptors (Lipinski definition) is 1. The maximum atomic E-state index is 5.91. The zero-order valence-electron chi connectivity index (χ0n) is 9.78. The van der Waals surface area contributed by atoms with E-state index in [1.165, 1.54) is 10.8 Å². The molecule has 0 spiro atoms. The largest absolute Gasteiger partial charge is 0.456 e. The molecule has 0 aliphatic heterocycles. The zero-order chi connectivity index (χ0) is 13.0. The van der Waals surface area contributed by atoms with Gasteiger partial charge >= 0.3 is 0 Å². The Morgan fingerprint density at radius 1 is 0.632 bits per heavy atom. The van der Waals surface area contributed by atoms with Crippen molar-refractivity contribution in [3.8, 4) is 0 Å². The quantitative estimate of drug-likeness (QED) is 0.353. The van der Waals surface area contributed by atoms with Crippen LogP contribution in [0.3, 0.4) is 0 Å². The standard InChI is InChI=1S/C16H8Br2O/c17-11-2-1-9-7-16-13(6-10(9)5-11)14-8-12(18)3-4-15(14)19-16/h1-8H. The molecule has 0 amide bonds. The summed E-state index contributed by atoms with van der Waals surface area (Å²) in [4.78, 5) is 0. The van der Waals surface area contributed by atoms with Gasteiger partial charge in [-0.15, -0.1) is 0 Å². The minimum atomic E-state index is 0.924. The highest BCUT2D eigenvalue weighted by molar-refractivity contribution is 9.10. The molecule has 92 valence electrons. The van der Waals surface area contributed by atoms with Crippen molar-refractivity contribution < 1.29 is 4.42 Å². The van der Waals surface area contributed by atoms with Crippen molar-refractivity contribution in [3.63, 3.8) is 0 Å². The average Bonchev–Trinajstić information content (AvgIpc) is 2.73. The number of benzene rings is 3. The molecule has 1 nitrogen and oxygen atoms in total. The number of furan rings is 1. The Bertz CT molecular complexity index is 932. The summed E-state index contributed by atoms with van der Waals surface area (Å²) in [5.74, 6) is 0. The fourth-order valence-electron chi connectivity index (χ4n) is 2.46. The molecule has 1 heterocycles. The molecule has 0 radical (unpaired) electrons. The van der Waals surface area contributed by atoms with Gasteiger partial charge in [0.1, 0.15) is 11.2 Å². The van der Waals surface area contributed by atoms with E-state index in [4.69, 9.17) is 4.42 Å². The first kappa shape index (κ1) is 11.5. The molecule has 1 aromatic heterocycles. The highest BCUT2D eigenvalue weighted by atomic mass is 79.9. The lowest BCUT2D eigenvalue weighted by atomic mass is 10.1. The van der Waals surface area contributed by atoms with Gasteiger partial charge in [0.2, 0.25) is 0 Å². The monoisotopic (exact) mass is 374 g/mol. The summed E-state index contributed by atoms with van der Waals surface area (Å²) in [5.41, 5.74) is 1.86. The number of fused-ring (bicyclic) bond motifs is 4. The first-order chi connectivity index (χ1) is 9.20. The summed E-state index contributed by atoms with van der Waals surface area (Å²) < 4.78 is 8.07. The van der Waals surface area contributed by atoms with Crippen LogP contribution in [0.5, 0.6) is 0 Å². The molecule has 0 atom stereocenters. The van der Waals surface area contributed by atoms with E-state index in [1.807, 2.05) is 18.2 Å². The van der Waals surface area contributed by atoms with Crippen LogP contribution in [-0.2, 0) is 0 Å². The molecule has 19 heavy (non-hydrogen) atoms. The maximum Gasteiger partial charge on any atom is 0.136 e. The summed E-state index contributed by atoms with van der Waals surface area (Å²) >= 11 is 7.03. The van der Waals surface area contributed by atoms with Crippen LogP contribution < -0.4 is 0 Å². The summed E-state index contributed by atoms with van der Waals surface area (Å²) in [6.07, 6.45) is 0. The van der Waals surface area contributed by atoms with E-state index >= 15 is 0 Å². The van der Waals surface area contributed by atoms with Crippen LogP contribution >= 0.6 is 31.9 Å². The highest BCUT2D eigenvalue weighted by Gasteiger charge is 2.08. The van der Waals surface area contributed by atoms with Gasteiger partial charge in [0.25, 0.3) is 0 Å². The van der Waals surface area contributed by atoms with Crippen LogP contribution in [0.4, 0.5) is 0 Å². The van der Waals surface area contributed by atoms with Gasteiger partial charge in [0.15, 0.2) is 0 Å². The van der Waals surface area contributed by atoms with Crippen molar-refractivity contribution in [2.24, 2.45) is 0 Å². The fraction of sp³-hybridized carbons (Fsp3) is 0. The van der Waals surface area contributed by atoms with E-state index in [1.54, 1.807) is 0 Å². The van der Waals surface area contributed by atoms with Gasteiger partial charge in [-0.3, -0.25) is 0 Å². The second kappa shape index (κ2) is 4.09.